The fraction of sp³-hybridized carbons (Fsp3) is 0.100. The number of hydroxylamine groups is 2. The Morgan fingerprint density at radius 2 is 1.30 bits per heavy atom. The highest BCUT2D eigenvalue weighted by molar-refractivity contribution is 6.21. The normalized spacial score (nSPS) is 16.5. The lowest BCUT2D eigenvalue weighted by molar-refractivity contribution is -0.172. The molecule has 27 heavy (non-hydrogen) atoms. The molecule has 2 aromatic rings. The lowest BCUT2D eigenvalue weighted by Crippen LogP contribution is -2.43. The smallest absolute Gasteiger partial charge is 0.327 e. The number of nitrogens with zero attached hydrogens (tertiary/aromatic N) is 2. The van der Waals surface area contributed by atoms with Crippen molar-refractivity contribution in [3.8, 4) is 0 Å². The zero-order valence-corrected chi connectivity index (χ0v) is 14.3. The second-order valence-electron chi connectivity index (χ2n) is 6.20. The molecule has 1 atom stereocenters. The molecule has 7 nitrogen and oxygen atoms in total. The molecule has 1 unspecified atom stereocenters. The molecule has 0 saturated carbocycles. The van der Waals surface area contributed by atoms with E-state index in [-0.39, 0.29) is 17.0 Å². The summed E-state index contributed by atoms with van der Waals surface area (Å²) in [6.07, 6.45) is 0. The van der Waals surface area contributed by atoms with E-state index in [0.717, 1.165) is 0 Å². The predicted molar refractivity (Wildman–Crippen MR) is 94.1 cm³/mol. The van der Waals surface area contributed by atoms with Gasteiger partial charge in [0.05, 0.1) is 11.1 Å². The maximum absolute atomic E-state index is 12.6. The Balaban J connectivity index is 1.55. The Hall–Kier alpha value is -3.74. The number of imide groups is 1. The van der Waals surface area contributed by atoms with Crippen LogP contribution in [0.4, 0.5) is 0 Å². The summed E-state index contributed by atoms with van der Waals surface area (Å²) in [6.45, 7) is 5.33. The summed E-state index contributed by atoms with van der Waals surface area (Å²) in [5.74, 6) is -2.73. The average molecular weight is 362 g/mol. The molecule has 0 spiro atoms. The topological polar surface area (TPSA) is 84.0 Å². The van der Waals surface area contributed by atoms with Gasteiger partial charge in [0.1, 0.15) is 6.04 Å². The first-order valence-corrected chi connectivity index (χ1v) is 8.23. The van der Waals surface area contributed by atoms with Gasteiger partial charge in [0.2, 0.25) is 0 Å². The van der Waals surface area contributed by atoms with Crippen molar-refractivity contribution < 1.29 is 24.0 Å². The highest BCUT2D eigenvalue weighted by Crippen LogP contribution is 2.33. The van der Waals surface area contributed by atoms with E-state index in [9.17, 15) is 19.2 Å². The quantitative estimate of drug-likeness (QED) is 0.782. The molecule has 0 bridgehead atoms. The van der Waals surface area contributed by atoms with Crippen LogP contribution in [0.2, 0.25) is 0 Å². The molecular formula is C20H14N2O5. The summed E-state index contributed by atoms with van der Waals surface area (Å²) >= 11 is 0. The molecule has 0 saturated heterocycles. The first-order chi connectivity index (χ1) is 12.9. The number of hydrogen-bond acceptors (Lipinski definition) is 5. The van der Waals surface area contributed by atoms with E-state index >= 15 is 0 Å². The maximum Gasteiger partial charge on any atom is 0.355 e. The zero-order valence-electron chi connectivity index (χ0n) is 14.3. The van der Waals surface area contributed by atoms with Crippen LogP contribution in [0.25, 0.3) is 5.70 Å². The van der Waals surface area contributed by atoms with Crippen LogP contribution in [0.5, 0.6) is 0 Å². The number of carbonyl (C=O) groups is 4. The molecule has 2 heterocycles. The molecule has 4 rings (SSSR count). The number of benzene rings is 2. The van der Waals surface area contributed by atoms with Gasteiger partial charge in [0.15, 0.2) is 0 Å². The highest BCUT2D eigenvalue weighted by Gasteiger charge is 2.42. The predicted octanol–water partition coefficient (Wildman–Crippen LogP) is 2.26. The van der Waals surface area contributed by atoms with Crippen molar-refractivity contribution in [2.75, 3.05) is 0 Å². The van der Waals surface area contributed by atoms with Crippen molar-refractivity contribution in [3.05, 3.63) is 77.4 Å². The van der Waals surface area contributed by atoms with Crippen LogP contribution < -0.4 is 0 Å². The summed E-state index contributed by atoms with van der Waals surface area (Å²) in [5, 5.41) is 0.431. The Morgan fingerprint density at radius 3 is 1.78 bits per heavy atom. The molecule has 0 N–H and O–H groups in total. The molecule has 2 aliphatic rings. The standard InChI is InChI=1S/C20H14N2O5/c1-11-13-7-3-4-8-14(13)17(23)21(11)12(2)20(26)27-22-18(24)15-9-5-6-10-16(15)19(22)25/h3-10,12H,1H2,2H3. The molecule has 2 aliphatic heterocycles. The van der Waals surface area contributed by atoms with Crippen molar-refractivity contribution >= 4 is 29.4 Å². The molecule has 0 radical (unpaired) electrons. The van der Waals surface area contributed by atoms with Crippen molar-refractivity contribution in [2.45, 2.75) is 13.0 Å². The van der Waals surface area contributed by atoms with Gasteiger partial charge in [0, 0.05) is 16.8 Å². The van der Waals surface area contributed by atoms with E-state index in [2.05, 4.69) is 6.58 Å². The lowest BCUT2D eigenvalue weighted by Gasteiger charge is -2.25. The fourth-order valence-electron chi connectivity index (χ4n) is 3.23. The Morgan fingerprint density at radius 1 is 0.852 bits per heavy atom. The van der Waals surface area contributed by atoms with Crippen molar-refractivity contribution in [1.82, 2.24) is 9.96 Å². The molecule has 2 aromatic carbocycles. The van der Waals surface area contributed by atoms with Gasteiger partial charge in [-0.05, 0) is 25.1 Å². The highest BCUT2D eigenvalue weighted by atomic mass is 16.7. The molecular weight excluding hydrogens is 348 g/mol. The minimum absolute atomic E-state index is 0.164. The van der Waals surface area contributed by atoms with Gasteiger partial charge < -0.3 is 4.84 Å². The molecule has 0 aromatic heterocycles. The second-order valence-corrected chi connectivity index (χ2v) is 6.20. The first kappa shape index (κ1) is 16.7. The number of amides is 3. The summed E-state index contributed by atoms with van der Waals surface area (Å²) < 4.78 is 0. The summed E-state index contributed by atoms with van der Waals surface area (Å²) in [4.78, 5) is 56.1. The minimum atomic E-state index is -1.07. The maximum atomic E-state index is 12.6. The van der Waals surface area contributed by atoms with Gasteiger partial charge in [-0.25, -0.2) is 4.79 Å². The average Bonchev–Trinajstić information content (AvgIpc) is 3.08. The van der Waals surface area contributed by atoms with E-state index < -0.39 is 23.8 Å². The van der Waals surface area contributed by atoms with Crippen LogP contribution in [0.3, 0.4) is 0 Å². The van der Waals surface area contributed by atoms with E-state index in [0.29, 0.717) is 21.9 Å². The number of rotatable bonds is 3. The molecule has 0 aliphatic carbocycles. The van der Waals surface area contributed by atoms with Crippen molar-refractivity contribution in [2.24, 2.45) is 0 Å². The van der Waals surface area contributed by atoms with Crippen molar-refractivity contribution in [3.63, 3.8) is 0 Å². The van der Waals surface area contributed by atoms with Gasteiger partial charge >= 0.3 is 5.97 Å². The van der Waals surface area contributed by atoms with Gasteiger partial charge in [0.25, 0.3) is 17.7 Å². The van der Waals surface area contributed by atoms with E-state index in [1.165, 1.54) is 24.0 Å². The fourth-order valence-corrected chi connectivity index (χ4v) is 3.23. The van der Waals surface area contributed by atoms with Crippen LogP contribution in [0.15, 0.2) is 55.1 Å². The third-order valence-electron chi connectivity index (χ3n) is 4.64. The van der Waals surface area contributed by atoms with Gasteiger partial charge in [-0.15, -0.1) is 0 Å². The lowest BCUT2D eigenvalue weighted by atomic mass is 10.1. The van der Waals surface area contributed by atoms with Crippen LogP contribution in [0, 0.1) is 0 Å². The summed E-state index contributed by atoms with van der Waals surface area (Å²) in [5.41, 5.74) is 1.75. The van der Waals surface area contributed by atoms with Gasteiger partial charge in [-0.1, -0.05) is 42.0 Å². The Labute approximate surface area is 154 Å². The van der Waals surface area contributed by atoms with E-state index in [1.54, 1.807) is 36.4 Å². The number of carbonyl (C=O) groups excluding carboxylic acids is 4. The SMILES string of the molecule is C=C1c2ccccc2C(=O)N1C(C)C(=O)ON1C(=O)c2ccccc2C1=O. The van der Waals surface area contributed by atoms with Crippen LogP contribution in [-0.2, 0) is 9.63 Å². The number of fused-ring (bicyclic) bond motifs is 2. The summed E-state index contributed by atoms with van der Waals surface area (Å²) in [7, 11) is 0. The van der Waals surface area contributed by atoms with E-state index in [4.69, 9.17) is 4.84 Å². The third-order valence-corrected chi connectivity index (χ3v) is 4.64. The molecule has 134 valence electrons. The Kier molecular flexibility index (Phi) is 3.66. The number of hydrogen-bond donors (Lipinski definition) is 0. The van der Waals surface area contributed by atoms with E-state index in [1.807, 2.05) is 0 Å². The van der Waals surface area contributed by atoms with Crippen molar-refractivity contribution in [1.29, 1.82) is 0 Å². The van der Waals surface area contributed by atoms with Crippen LogP contribution in [0.1, 0.15) is 43.6 Å². The second kappa shape index (κ2) is 5.91. The first-order valence-electron chi connectivity index (χ1n) is 8.23. The molecule has 3 amide bonds. The van der Waals surface area contributed by atoms with Gasteiger partial charge in [-0.2, -0.15) is 0 Å². The van der Waals surface area contributed by atoms with Crippen LogP contribution >= 0.6 is 0 Å². The van der Waals surface area contributed by atoms with Crippen LogP contribution in [-0.4, -0.2) is 39.7 Å². The monoisotopic (exact) mass is 362 g/mol. The zero-order chi connectivity index (χ0) is 19.3. The van der Waals surface area contributed by atoms with Gasteiger partial charge in [-0.3, -0.25) is 19.3 Å². The molecule has 7 heteroatoms. The minimum Gasteiger partial charge on any atom is -0.327 e. The third kappa shape index (κ3) is 2.36. The molecule has 0 fully saturated rings. The largest absolute Gasteiger partial charge is 0.355 e. The Bertz CT molecular complexity index is 972. The summed E-state index contributed by atoms with van der Waals surface area (Å²) in [6, 6.07) is 12.0.